The number of hydrogen-bond acceptors (Lipinski definition) is 4. The third-order valence-corrected chi connectivity index (χ3v) is 5.36. The molecule has 2 atom stereocenters. The summed E-state index contributed by atoms with van der Waals surface area (Å²) in [5.41, 5.74) is 1.48. The Morgan fingerprint density at radius 2 is 1.96 bits per heavy atom. The second kappa shape index (κ2) is 8.40. The van der Waals surface area contributed by atoms with E-state index < -0.39 is 0 Å². The van der Waals surface area contributed by atoms with Crippen LogP contribution >= 0.6 is 0 Å². The lowest BCUT2D eigenvalue weighted by Crippen LogP contribution is -2.58. The van der Waals surface area contributed by atoms with E-state index in [1.165, 1.54) is 0 Å². The van der Waals surface area contributed by atoms with Crippen molar-refractivity contribution in [1.29, 1.82) is 0 Å². The monoisotopic (exact) mass is 372 g/mol. The summed E-state index contributed by atoms with van der Waals surface area (Å²) in [6.45, 7) is 11.8. The summed E-state index contributed by atoms with van der Waals surface area (Å²) in [6.07, 6.45) is 2.86. The Hall–Kier alpha value is -1.92. The molecule has 0 saturated carbocycles. The number of nitrogens with zero attached hydrogens (tertiary/aromatic N) is 4. The standard InChI is InChI=1S/C21H32N4O2/c1-15(2)12-19-22-20(18-8-6-7-9-25(18)19)21(26)23-13-16(3)24(10-11-27-5)17(4)14-23/h6-9,15-17H,10-14H2,1-5H3. The molecule has 2 aromatic heterocycles. The van der Waals surface area contributed by atoms with E-state index in [1.54, 1.807) is 7.11 Å². The highest BCUT2D eigenvalue weighted by Crippen LogP contribution is 2.21. The lowest BCUT2D eigenvalue weighted by atomic mass is 10.1. The molecule has 2 unspecified atom stereocenters. The summed E-state index contributed by atoms with van der Waals surface area (Å²) in [4.78, 5) is 22.5. The van der Waals surface area contributed by atoms with Crippen LogP contribution in [0.4, 0.5) is 0 Å². The molecule has 6 nitrogen and oxygen atoms in total. The highest BCUT2D eigenvalue weighted by atomic mass is 16.5. The fraction of sp³-hybridized carbons (Fsp3) is 0.619. The largest absolute Gasteiger partial charge is 0.383 e. The van der Waals surface area contributed by atoms with Crippen LogP contribution in [0, 0.1) is 5.92 Å². The molecule has 1 fully saturated rings. The van der Waals surface area contributed by atoms with Crippen LogP contribution in [-0.2, 0) is 11.2 Å². The average Bonchev–Trinajstić information content (AvgIpc) is 2.98. The first-order valence-corrected chi connectivity index (χ1v) is 9.92. The van der Waals surface area contributed by atoms with Crippen molar-refractivity contribution >= 4 is 11.4 Å². The number of carbonyl (C=O) groups is 1. The minimum atomic E-state index is 0.0406. The Kier molecular flexibility index (Phi) is 6.17. The zero-order valence-electron chi connectivity index (χ0n) is 17.2. The molecule has 0 spiro atoms. The predicted octanol–water partition coefficient (Wildman–Crippen LogP) is 2.71. The average molecular weight is 373 g/mol. The summed E-state index contributed by atoms with van der Waals surface area (Å²) in [6, 6.07) is 6.56. The van der Waals surface area contributed by atoms with E-state index in [-0.39, 0.29) is 5.91 Å². The van der Waals surface area contributed by atoms with Crippen LogP contribution < -0.4 is 0 Å². The maximum absolute atomic E-state index is 13.3. The SMILES string of the molecule is COCCN1C(C)CN(C(=O)c2nc(CC(C)C)n3ccccc23)CC1C. The van der Waals surface area contributed by atoms with E-state index in [1.807, 2.05) is 29.3 Å². The topological polar surface area (TPSA) is 50.1 Å². The van der Waals surface area contributed by atoms with Gasteiger partial charge in [-0.25, -0.2) is 4.98 Å². The Bertz CT molecular complexity index is 774. The number of ether oxygens (including phenoxy) is 1. The van der Waals surface area contributed by atoms with Crippen molar-refractivity contribution in [2.75, 3.05) is 33.4 Å². The van der Waals surface area contributed by atoms with E-state index in [9.17, 15) is 4.79 Å². The molecular formula is C21H32N4O2. The molecule has 2 aromatic rings. The molecule has 3 rings (SSSR count). The lowest BCUT2D eigenvalue weighted by molar-refractivity contribution is 0.0191. The molecule has 0 bridgehead atoms. The Balaban J connectivity index is 1.84. The van der Waals surface area contributed by atoms with Gasteiger partial charge in [0, 0.05) is 51.4 Å². The molecule has 1 aliphatic heterocycles. The summed E-state index contributed by atoms with van der Waals surface area (Å²) >= 11 is 0. The Morgan fingerprint density at radius 1 is 1.26 bits per heavy atom. The van der Waals surface area contributed by atoms with Gasteiger partial charge in [-0.05, 0) is 31.9 Å². The molecule has 0 N–H and O–H groups in total. The second-order valence-electron chi connectivity index (χ2n) is 8.07. The van der Waals surface area contributed by atoms with Crippen molar-refractivity contribution in [3.8, 4) is 0 Å². The number of imidazole rings is 1. The van der Waals surface area contributed by atoms with E-state index in [4.69, 9.17) is 9.72 Å². The van der Waals surface area contributed by atoms with Crippen LogP contribution in [0.1, 0.15) is 44.0 Å². The molecule has 0 radical (unpaired) electrons. The molecule has 1 aliphatic rings. The first kappa shape index (κ1) is 19.8. The summed E-state index contributed by atoms with van der Waals surface area (Å²) in [5.74, 6) is 1.49. The molecule has 148 valence electrons. The van der Waals surface area contributed by atoms with Gasteiger partial charge in [-0.2, -0.15) is 0 Å². The first-order valence-electron chi connectivity index (χ1n) is 9.92. The third kappa shape index (κ3) is 4.17. The second-order valence-corrected chi connectivity index (χ2v) is 8.07. The molecule has 0 aromatic carbocycles. The first-order chi connectivity index (χ1) is 12.9. The molecule has 1 saturated heterocycles. The molecular weight excluding hydrogens is 340 g/mol. The smallest absolute Gasteiger partial charge is 0.274 e. The number of methoxy groups -OCH3 is 1. The zero-order valence-corrected chi connectivity index (χ0v) is 17.2. The number of pyridine rings is 1. The van der Waals surface area contributed by atoms with Crippen molar-refractivity contribution in [1.82, 2.24) is 19.2 Å². The number of piperazine rings is 1. The van der Waals surface area contributed by atoms with Crippen LogP contribution in [0.2, 0.25) is 0 Å². The predicted molar refractivity (Wildman–Crippen MR) is 107 cm³/mol. The van der Waals surface area contributed by atoms with Crippen molar-refractivity contribution in [3.05, 3.63) is 35.9 Å². The van der Waals surface area contributed by atoms with E-state index in [0.717, 1.165) is 37.4 Å². The number of aromatic nitrogens is 2. The van der Waals surface area contributed by atoms with Crippen LogP contribution in [-0.4, -0.2) is 70.5 Å². The van der Waals surface area contributed by atoms with E-state index >= 15 is 0 Å². The van der Waals surface area contributed by atoms with E-state index in [2.05, 4.69) is 37.0 Å². The van der Waals surface area contributed by atoms with Crippen LogP contribution in [0.25, 0.3) is 5.52 Å². The number of amides is 1. The van der Waals surface area contributed by atoms with Gasteiger partial charge in [0.15, 0.2) is 5.69 Å². The number of rotatable bonds is 6. The van der Waals surface area contributed by atoms with Crippen molar-refractivity contribution in [2.45, 2.75) is 46.2 Å². The fourth-order valence-corrected chi connectivity index (χ4v) is 4.08. The van der Waals surface area contributed by atoms with Crippen molar-refractivity contribution in [3.63, 3.8) is 0 Å². The highest BCUT2D eigenvalue weighted by Gasteiger charge is 2.33. The van der Waals surface area contributed by atoms with Gasteiger partial charge in [0.2, 0.25) is 0 Å². The molecule has 1 amide bonds. The third-order valence-electron chi connectivity index (χ3n) is 5.36. The van der Waals surface area contributed by atoms with Gasteiger partial charge in [0.05, 0.1) is 12.1 Å². The zero-order chi connectivity index (χ0) is 19.6. The number of hydrogen-bond donors (Lipinski definition) is 0. The molecule has 27 heavy (non-hydrogen) atoms. The van der Waals surface area contributed by atoms with Gasteiger partial charge in [-0.3, -0.25) is 9.69 Å². The molecule has 3 heterocycles. The number of fused-ring (bicyclic) bond motifs is 1. The highest BCUT2D eigenvalue weighted by molar-refractivity contribution is 5.99. The molecule has 0 aliphatic carbocycles. The lowest BCUT2D eigenvalue weighted by Gasteiger charge is -2.44. The van der Waals surface area contributed by atoms with Gasteiger partial charge >= 0.3 is 0 Å². The normalized spacial score (nSPS) is 21.3. The number of carbonyl (C=O) groups excluding carboxylic acids is 1. The van der Waals surface area contributed by atoms with Gasteiger partial charge < -0.3 is 14.0 Å². The summed E-state index contributed by atoms with van der Waals surface area (Å²) in [5, 5.41) is 0. The van der Waals surface area contributed by atoms with Gasteiger partial charge in [-0.15, -0.1) is 0 Å². The Labute approximate surface area is 162 Å². The summed E-state index contributed by atoms with van der Waals surface area (Å²) in [7, 11) is 1.73. The van der Waals surface area contributed by atoms with Gasteiger partial charge in [0.1, 0.15) is 5.82 Å². The van der Waals surface area contributed by atoms with Crippen LogP contribution in [0.5, 0.6) is 0 Å². The Morgan fingerprint density at radius 3 is 2.59 bits per heavy atom. The maximum Gasteiger partial charge on any atom is 0.274 e. The fourth-order valence-electron chi connectivity index (χ4n) is 4.08. The maximum atomic E-state index is 13.3. The van der Waals surface area contributed by atoms with E-state index in [0.29, 0.717) is 30.3 Å². The minimum absolute atomic E-state index is 0.0406. The summed E-state index contributed by atoms with van der Waals surface area (Å²) < 4.78 is 7.30. The molecule has 6 heteroatoms. The van der Waals surface area contributed by atoms with Gasteiger partial charge in [-0.1, -0.05) is 19.9 Å². The van der Waals surface area contributed by atoms with Crippen molar-refractivity contribution in [2.24, 2.45) is 5.92 Å². The van der Waals surface area contributed by atoms with Crippen LogP contribution in [0.3, 0.4) is 0 Å². The van der Waals surface area contributed by atoms with Crippen LogP contribution in [0.15, 0.2) is 24.4 Å². The van der Waals surface area contributed by atoms with Crippen molar-refractivity contribution < 1.29 is 9.53 Å². The van der Waals surface area contributed by atoms with Gasteiger partial charge in [0.25, 0.3) is 5.91 Å². The minimum Gasteiger partial charge on any atom is -0.383 e. The quantitative estimate of drug-likeness (QED) is 0.782.